The van der Waals surface area contributed by atoms with Crippen molar-refractivity contribution in [1.82, 2.24) is 9.80 Å². The van der Waals surface area contributed by atoms with Crippen molar-refractivity contribution in [2.75, 3.05) is 51.3 Å². The maximum atomic E-state index is 12.9. The molecule has 0 atom stereocenters. The van der Waals surface area contributed by atoms with Crippen molar-refractivity contribution < 1.29 is 9.53 Å². The second-order valence-corrected chi connectivity index (χ2v) is 7.25. The molecule has 5 nitrogen and oxygen atoms in total. The fraction of sp³-hybridized carbons (Fsp3) is 0.435. The first-order valence-corrected chi connectivity index (χ1v) is 10.1. The number of anilines is 1. The summed E-state index contributed by atoms with van der Waals surface area (Å²) in [5.41, 5.74) is 4.21. The molecule has 0 aliphatic carbocycles. The van der Waals surface area contributed by atoms with E-state index < -0.39 is 0 Å². The van der Waals surface area contributed by atoms with Crippen LogP contribution in [0.25, 0.3) is 0 Å². The van der Waals surface area contributed by atoms with E-state index in [1.165, 1.54) is 11.1 Å². The van der Waals surface area contributed by atoms with Crippen LogP contribution in [0.5, 0.6) is 0 Å². The maximum Gasteiger partial charge on any atom is 0.254 e. The second-order valence-electron chi connectivity index (χ2n) is 7.25. The van der Waals surface area contributed by atoms with Crippen LogP contribution in [-0.4, -0.2) is 61.6 Å². The number of amides is 1. The van der Waals surface area contributed by atoms with Crippen LogP contribution in [0.4, 0.5) is 5.69 Å². The second kappa shape index (κ2) is 10.2. The summed E-state index contributed by atoms with van der Waals surface area (Å²) in [6.07, 6.45) is 0. The molecule has 2 aromatic rings. The Morgan fingerprint density at radius 1 is 1.07 bits per heavy atom. The molecule has 0 unspecified atom stereocenters. The van der Waals surface area contributed by atoms with Gasteiger partial charge in [-0.05, 0) is 37.6 Å². The van der Waals surface area contributed by atoms with E-state index in [2.05, 4.69) is 41.4 Å². The van der Waals surface area contributed by atoms with E-state index in [-0.39, 0.29) is 5.91 Å². The van der Waals surface area contributed by atoms with Gasteiger partial charge < -0.3 is 15.0 Å². The predicted molar refractivity (Wildman–Crippen MR) is 114 cm³/mol. The maximum absolute atomic E-state index is 12.9. The summed E-state index contributed by atoms with van der Waals surface area (Å²) in [5.74, 6) is 0.114. The van der Waals surface area contributed by atoms with Crippen molar-refractivity contribution in [2.24, 2.45) is 0 Å². The number of carbonyl (C=O) groups excluding carboxylic acids is 1. The van der Waals surface area contributed by atoms with Gasteiger partial charge in [0.05, 0.1) is 6.61 Å². The number of ether oxygens (including phenoxy) is 1. The lowest BCUT2D eigenvalue weighted by atomic mass is 10.1. The van der Waals surface area contributed by atoms with Crippen LogP contribution in [0.1, 0.15) is 28.4 Å². The first-order valence-electron chi connectivity index (χ1n) is 10.1. The fourth-order valence-electron chi connectivity index (χ4n) is 3.37. The smallest absolute Gasteiger partial charge is 0.254 e. The Kier molecular flexibility index (Phi) is 7.46. The van der Waals surface area contributed by atoms with E-state index in [9.17, 15) is 4.79 Å². The highest BCUT2D eigenvalue weighted by molar-refractivity contribution is 5.95. The molecular weight excluding hydrogens is 350 g/mol. The number of rotatable bonds is 8. The molecule has 1 fully saturated rings. The highest BCUT2D eigenvalue weighted by atomic mass is 16.5. The van der Waals surface area contributed by atoms with Crippen LogP contribution in [0.15, 0.2) is 48.5 Å². The van der Waals surface area contributed by atoms with E-state index in [1.807, 2.05) is 36.1 Å². The van der Waals surface area contributed by atoms with Gasteiger partial charge in [-0.25, -0.2) is 0 Å². The van der Waals surface area contributed by atoms with E-state index in [0.29, 0.717) is 0 Å². The number of carbonyl (C=O) groups is 1. The van der Waals surface area contributed by atoms with Gasteiger partial charge in [0, 0.05) is 57.1 Å². The molecule has 1 heterocycles. The number of nitrogens with one attached hydrogen (secondary N) is 1. The standard InChI is InChI=1S/C23H31N3O2/c1-3-28-16-15-25-11-13-26(14-12-25)23(27)21-5-4-6-22(17-21)24-18-20-9-7-19(2)8-10-20/h4-10,17,24H,3,11-16,18H2,1-2H3. The Balaban J connectivity index is 1.52. The monoisotopic (exact) mass is 381 g/mol. The summed E-state index contributed by atoms with van der Waals surface area (Å²) in [4.78, 5) is 17.2. The van der Waals surface area contributed by atoms with Gasteiger partial charge in [-0.3, -0.25) is 9.69 Å². The summed E-state index contributed by atoms with van der Waals surface area (Å²) in [6.45, 7) is 10.7. The molecule has 0 saturated carbocycles. The zero-order valence-electron chi connectivity index (χ0n) is 17.0. The number of nitrogens with zero attached hydrogens (tertiary/aromatic N) is 2. The molecule has 0 spiro atoms. The molecule has 2 aromatic carbocycles. The van der Waals surface area contributed by atoms with E-state index in [0.717, 1.165) is 63.7 Å². The number of piperazine rings is 1. The van der Waals surface area contributed by atoms with Gasteiger partial charge in [0.25, 0.3) is 5.91 Å². The van der Waals surface area contributed by atoms with Crippen molar-refractivity contribution in [2.45, 2.75) is 20.4 Å². The highest BCUT2D eigenvalue weighted by Gasteiger charge is 2.22. The van der Waals surface area contributed by atoms with Crippen LogP contribution in [0.2, 0.25) is 0 Å². The average Bonchev–Trinajstić information content (AvgIpc) is 2.74. The van der Waals surface area contributed by atoms with Crippen LogP contribution >= 0.6 is 0 Å². The van der Waals surface area contributed by atoms with Crippen molar-refractivity contribution in [3.63, 3.8) is 0 Å². The molecule has 150 valence electrons. The molecule has 1 amide bonds. The number of benzene rings is 2. The number of aryl methyl sites for hydroxylation is 1. The molecule has 28 heavy (non-hydrogen) atoms. The minimum absolute atomic E-state index is 0.114. The Morgan fingerprint density at radius 2 is 1.82 bits per heavy atom. The SMILES string of the molecule is CCOCCN1CCN(C(=O)c2cccc(NCc3ccc(C)cc3)c2)CC1. The Hall–Kier alpha value is -2.37. The summed E-state index contributed by atoms with van der Waals surface area (Å²) in [5, 5.41) is 3.42. The molecule has 1 saturated heterocycles. The number of hydrogen-bond acceptors (Lipinski definition) is 4. The van der Waals surface area contributed by atoms with Crippen LogP contribution in [0.3, 0.4) is 0 Å². The molecule has 5 heteroatoms. The third kappa shape index (κ3) is 5.81. The Morgan fingerprint density at radius 3 is 2.54 bits per heavy atom. The molecule has 0 radical (unpaired) electrons. The highest BCUT2D eigenvalue weighted by Crippen LogP contribution is 2.15. The topological polar surface area (TPSA) is 44.8 Å². The molecule has 0 aromatic heterocycles. The van der Waals surface area contributed by atoms with Crippen LogP contribution in [0, 0.1) is 6.92 Å². The lowest BCUT2D eigenvalue weighted by Crippen LogP contribution is -2.49. The van der Waals surface area contributed by atoms with Crippen molar-refractivity contribution >= 4 is 11.6 Å². The van der Waals surface area contributed by atoms with E-state index in [4.69, 9.17) is 4.74 Å². The molecular formula is C23H31N3O2. The first kappa shape index (κ1) is 20.4. The van der Waals surface area contributed by atoms with Gasteiger partial charge in [0.2, 0.25) is 0 Å². The van der Waals surface area contributed by atoms with Gasteiger partial charge in [-0.1, -0.05) is 35.9 Å². The largest absolute Gasteiger partial charge is 0.381 e. The van der Waals surface area contributed by atoms with E-state index >= 15 is 0 Å². The summed E-state index contributed by atoms with van der Waals surface area (Å²) in [7, 11) is 0. The minimum atomic E-state index is 0.114. The summed E-state index contributed by atoms with van der Waals surface area (Å²) < 4.78 is 5.42. The quantitative estimate of drug-likeness (QED) is 0.712. The van der Waals surface area contributed by atoms with Crippen molar-refractivity contribution in [3.05, 3.63) is 65.2 Å². The van der Waals surface area contributed by atoms with Gasteiger partial charge in [-0.2, -0.15) is 0 Å². The third-order valence-electron chi connectivity index (χ3n) is 5.14. The molecule has 3 rings (SSSR count). The average molecular weight is 382 g/mol. The third-order valence-corrected chi connectivity index (χ3v) is 5.14. The van der Waals surface area contributed by atoms with Gasteiger partial charge in [0.15, 0.2) is 0 Å². The van der Waals surface area contributed by atoms with Gasteiger partial charge >= 0.3 is 0 Å². The zero-order chi connectivity index (χ0) is 19.8. The fourth-order valence-corrected chi connectivity index (χ4v) is 3.37. The lowest BCUT2D eigenvalue weighted by molar-refractivity contribution is 0.0565. The Labute approximate surface area is 168 Å². The van der Waals surface area contributed by atoms with Gasteiger partial charge in [0.1, 0.15) is 0 Å². The molecule has 1 N–H and O–H groups in total. The summed E-state index contributed by atoms with van der Waals surface area (Å²) in [6, 6.07) is 16.3. The van der Waals surface area contributed by atoms with Crippen molar-refractivity contribution in [3.8, 4) is 0 Å². The lowest BCUT2D eigenvalue weighted by Gasteiger charge is -2.34. The van der Waals surface area contributed by atoms with Crippen LogP contribution in [-0.2, 0) is 11.3 Å². The minimum Gasteiger partial charge on any atom is -0.381 e. The number of hydrogen-bond donors (Lipinski definition) is 1. The molecule has 0 bridgehead atoms. The first-order chi connectivity index (χ1) is 13.7. The molecule has 1 aliphatic rings. The van der Waals surface area contributed by atoms with Gasteiger partial charge in [-0.15, -0.1) is 0 Å². The van der Waals surface area contributed by atoms with E-state index in [1.54, 1.807) is 0 Å². The molecule has 1 aliphatic heterocycles. The zero-order valence-corrected chi connectivity index (χ0v) is 17.0. The predicted octanol–water partition coefficient (Wildman–Crippen LogP) is 3.40. The summed E-state index contributed by atoms with van der Waals surface area (Å²) >= 11 is 0. The Bertz CT molecular complexity index is 753. The van der Waals surface area contributed by atoms with Crippen molar-refractivity contribution in [1.29, 1.82) is 0 Å². The van der Waals surface area contributed by atoms with Crippen LogP contribution < -0.4 is 5.32 Å². The normalized spacial score (nSPS) is 14.9.